The van der Waals surface area contributed by atoms with E-state index in [9.17, 15) is 13.2 Å². The largest absolute Gasteiger partial charge is 0.297 e. The van der Waals surface area contributed by atoms with E-state index in [4.69, 9.17) is 0 Å². The van der Waals surface area contributed by atoms with Crippen LogP contribution < -0.4 is 4.72 Å². The average molecular weight is 205 g/mol. The topological polar surface area (TPSA) is 63.2 Å². The Kier molecular flexibility index (Phi) is 1.78. The Balaban J connectivity index is 2.39. The number of thioether (sulfide) groups is 1. The maximum Gasteiger partial charge on any atom is 0.220 e. The smallest absolute Gasteiger partial charge is 0.220 e. The molecule has 6 heteroatoms. The molecule has 0 aliphatic carbocycles. The fourth-order valence-electron chi connectivity index (χ4n) is 1.28. The van der Waals surface area contributed by atoms with Crippen LogP contribution in [-0.2, 0) is 14.8 Å². The first-order valence-corrected chi connectivity index (χ1v) is 5.93. The number of Topliss-reactive ketones (excluding diaryl/α,β-unsaturated/α-hetero) is 1. The van der Waals surface area contributed by atoms with Gasteiger partial charge in [-0.3, -0.25) is 4.79 Å². The minimum absolute atomic E-state index is 0.0372. The van der Waals surface area contributed by atoms with Crippen LogP contribution >= 0.6 is 11.8 Å². The van der Waals surface area contributed by atoms with E-state index in [1.165, 1.54) is 11.8 Å². The van der Waals surface area contributed by atoms with Gasteiger partial charge < -0.3 is 0 Å². The molecule has 4 nitrogen and oxygen atoms in total. The lowest BCUT2D eigenvalue weighted by molar-refractivity contribution is -0.117. The van der Waals surface area contributed by atoms with Gasteiger partial charge >= 0.3 is 0 Å². The van der Waals surface area contributed by atoms with Gasteiger partial charge in [0.2, 0.25) is 10.0 Å². The van der Waals surface area contributed by atoms with Gasteiger partial charge in [-0.1, -0.05) is 6.08 Å². The highest BCUT2D eigenvalue weighted by Crippen LogP contribution is 2.31. The van der Waals surface area contributed by atoms with Gasteiger partial charge in [-0.15, -0.1) is 11.8 Å². The number of carbonyl (C=O) groups excluding carboxylic acids is 1. The van der Waals surface area contributed by atoms with Crippen molar-refractivity contribution >= 4 is 27.6 Å². The van der Waals surface area contributed by atoms with E-state index >= 15 is 0 Å². The maximum atomic E-state index is 11.3. The van der Waals surface area contributed by atoms with Crippen molar-refractivity contribution in [3.63, 3.8) is 0 Å². The van der Waals surface area contributed by atoms with Crippen LogP contribution in [0.5, 0.6) is 0 Å². The number of ketones is 1. The van der Waals surface area contributed by atoms with E-state index in [1.54, 1.807) is 11.5 Å². The molecule has 0 bridgehead atoms. The van der Waals surface area contributed by atoms with E-state index in [1.807, 2.05) is 0 Å². The van der Waals surface area contributed by atoms with E-state index in [0.717, 1.165) is 0 Å². The molecular weight excluding hydrogens is 198 g/mol. The van der Waals surface area contributed by atoms with E-state index in [-0.39, 0.29) is 12.3 Å². The lowest BCUT2D eigenvalue weighted by Crippen LogP contribution is -2.50. The van der Waals surface area contributed by atoms with Crippen molar-refractivity contribution in [3.8, 4) is 0 Å². The SMILES string of the molecule is O=C1CNS(=O)(=O)C2C=CSC12. The van der Waals surface area contributed by atoms with E-state index in [0.29, 0.717) is 0 Å². The first-order valence-electron chi connectivity index (χ1n) is 3.44. The van der Waals surface area contributed by atoms with Crippen LogP contribution in [0.25, 0.3) is 0 Å². The van der Waals surface area contributed by atoms with Crippen molar-refractivity contribution in [2.24, 2.45) is 0 Å². The third kappa shape index (κ3) is 1.10. The molecule has 2 heterocycles. The van der Waals surface area contributed by atoms with Gasteiger partial charge in [0.1, 0.15) is 5.25 Å². The molecule has 0 spiro atoms. The molecule has 2 atom stereocenters. The van der Waals surface area contributed by atoms with Crippen LogP contribution in [0.1, 0.15) is 0 Å². The number of sulfonamides is 1. The lowest BCUT2D eigenvalue weighted by Gasteiger charge is -2.23. The molecule has 0 aromatic heterocycles. The van der Waals surface area contributed by atoms with E-state index in [2.05, 4.69) is 4.72 Å². The monoisotopic (exact) mass is 205 g/mol. The number of hydrogen-bond acceptors (Lipinski definition) is 4. The summed E-state index contributed by atoms with van der Waals surface area (Å²) in [7, 11) is -3.27. The Bertz CT molecular complexity index is 346. The molecule has 1 fully saturated rings. The molecule has 0 aromatic rings. The minimum Gasteiger partial charge on any atom is -0.297 e. The molecule has 2 rings (SSSR count). The van der Waals surface area contributed by atoms with Gasteiger partial charge in [-0.2, -0.15) is 0 Å². The molecule has 2 aliphatic heterocycles. The van der Waals surface area contributed by atoms with Crippen LogP contribution in [-0.4, -0.2) is 31.2 Å². The molecule has 1 N–H and O–H groups in total. The van der Waals surface area contributed by atoms with Gasteiger partial charge in [-0.25, -0.2) is 13.1 Å². The Morgan fingerprint density at radius 1 is 1.58 bits per heavy atom. The zero-order chi connectivity index (χ0) is 8.77. The van der Waals surface area contributed by atoms with Crippen LogP contribution in [0.2, 0.25) is 0 Å². The summed E-state index contributed by atoms with van der Waals surface area (Å²) in [5.74, 6) is -0.0372. The third-order valence-corrected chi connectivity index (χ3v) is 4.94. The quantitative estimate of drug-likeness (QED) is 0.578. The van der Waals surface area contributed by atoms with Gasteiger partial charge in [0.15, 0.2) is 5.78 Å². The third-order valence-electron chi connectivity index (χ3n) is 1.92. The summed E-state index contributed by atoms with van der Waals surface area (Å²) < 4.78 is 24.8. The van der Waals surface area contributed by atoms with Crippen molar-refractivity contribution in [1.82, 2.24) is 4.72 Å². The summed E-state index contributed by atoms with van der Waals surface area (Å²) in [5, 5.41) is 0.623. The predicted molar refractivity (Wildman–Crippen MR) is 46.2 cm³/mol. The van der Waals surface area contributed by atoms with Crippen LogP contribution in [0.3, 0.4) is 0 Å². The first kappa shape index (κ1) is 8.28. The number of carbonyl (C=O) groups is 1. The van der Waals surface area contributed by atoms with Crippen molar-refractivity contribution in [2.75, 3.05) is 6.54 Å². The van der Waals surface area contributed by atoms with Crippen LogP contribution in [0.4, 0.5) is 0 Å². The number of fused-ring (bicyclic) bond motifs is 1. The molecule has 2 unspecified atom stereocenters. The highest BCUT2D eigenvalue weighted by Gasteiger charge is 2.42. The standard InChI is InChI=1S/C6H7NO3S2/c8-4-3-7-12(9,10)5-1-2-11-6(4)5/h1-2,5-7H,3H2. The first-order chi connectivity index (χ1) is 5.61. The van der Waals surface area contributed by atoms with Crippen LogP contribution in [0, 0.1) is 0 Å². The average Bonchev–Trinajstić information content (AvgIpc) is 2.46. The van der Waals surface area contributed by atoms with Crippen molar-refractivity contribution in [3.05, 3.63) is 11.5 Å². The summed E-state index contributed by atoms with van der Waals surface area (Å²) in [6.07, 6.45) is 1.56. The Labute approximate surface area is 74.5 Å². The van der Waals surface area contributed by atoms with Crippen LogP contribution in [0.15, 0.2) is 11.5 Å². The summed E-state index contributed by atoms with van der Waals surface area (Å²) >= 11 is 1.29. The molecule has 2 aliphatic rings. The van der Waals surface area contributed by atoms with Gasteiger partial charge in [0, 0.05) is 0 Å². The summed E-state index contributed by atoms with van der Waals surface area (Å²) in [6, 6.07) is 0. The fourth-order valence-corrected chi connectivity index (χ4v) is 4.22. The molecule has 0 aromatic carbocycles. The Morgan fingerprint density at radius 3 is 3.00 bits per heavy atom. The Morgan fingerprint density at radius 2 is 2.33 bits per heavy atom. The van der Waals surface area contributed by atoms with Gasteiger partial charge in [0.25, 0.3) is 0 Å². The predicted octanol–water partition coefficient (Wildman–Crippen LogP) is -0.514. The summed E-state index contributed by atoms with van der Waals surface area (Å²) in [5.41, 5.74) is 0. The number of hydrogen-bond donors (Lipinski definition) is 1. The zero-order valence-electron chi connectivity index (χ0n) is 6.06. The number of nitrogens with one attached hydrogen (secondary N) is 1. The molecular formula is C6H7NO3S2. The zero-order valence-corrected chi connectivity index (χ0v) is 7.69. The second-order valence-electron chi connectivity index (χ2n) is 2.68. The molecule has 1 saturated heterocycles. The highest BCUT2D eigenvalue weighted by atomic mass is 32.2. The normalized spacial score (nSPS) is 38.2. The summed E-state index contributed by atoms with van der Waals surface area (Å²) in [6.45, 7) is -0.0574. The Hall–Kier alpha value is -0.330. The highest BCUT2D eigenvalue weighted by molar-refractivity contribution is 8.05. The van der Waals surface area contributed by atoms with Gasteiger partial charge in [0.05, 0.1) is 11.8 Å². The second-order valence-corrected chi connectivity index (χ2v) is 5.66. The molecule has 0 amide bonds. The van der Waals surface area contributed by atoms with Gasteiger partial charge in [-0.05, 0) is 5.41 Å². The van der Waals surface area contributed by atoms with Crippen molar-refractivity contribution < 1.29 is 13.2 Å². The second kappa shape index (κ2) is 2.58. The fraction of sp³-hybridized carbons (Fsp3) is 0.500. The molecule has 0 saturated carbocycles. The summed E-state index contributed by atoms with van der Waals surface area (Å²) in [4.78, 5) is 11.2. The molecule has 0 radical (unpaired) electrons. The molecule has 66 valence electrons. The number of rotatable bonds is 0. The van der Waals surface area contributed by atoms with Crippen molar-refractivity contribution in [2.45, 2.75) is 10.5 Å². The molecule has 12 heavy (non-hydrogen) atoms. The van der Waals surface area contributed by atoms with Crippen molar-refractivity contribution in [1.29, 1.82) is 0 Å². The van der Waals surface area contributed by atoms with E-state index < -0.39 is 20.5 Å². The minimum atomic E-state index is -3.27. The maximum absolute atomic E-state index is 11.3. The lowest BCUT2D eigenvalue weighted by atomic mass is 10.2.